The zero-order valence-corrected chi connectivity index (χ0v) is 18.3. The smallest absolute Gasteiger partial charge is 0.330 e. The Bertz CT molecular complexity index is 1170. The van der Waals surface area contributed by atoms with Crippen LogP contribution in [-0.4, -0.2) is 48.0 Å². The van der Waals surface area contributed by atoms with E-state index in [0.29, 0.717) is 5.16 Å². The molecule has 0 atom stereocenters. The van der Waals surface area contributed by atoms with Crippen LogP contribution in [-0.2, 0) is 18.4 Å². The van der Waals surface area contributed by atoms with Gasteiger partial charge < -0.3 is 10.6 Å². The lowest BCUT2D eigenvalue weighted by atomic mass is 10.2. The van der Waals surface area contributed by atoms with Crippen LogP contribution in [0.5, 0.6) is 0 Å². The molecule has 11 nitrogen and oxygen atoms in total. The third-order valence-corrected chi connectivity index (χ3v) is 5.42. The molecule has 2 aromatic heterocycles. The van der Waals surface area contributed by atoms with Gasteiger partial charge in [0.1, 0.15) is 5.82 Å². The second-order valence-electron chi connectivity index (χ2n) is 7.34. The molecule has 0 bridgehead atoms. The quantitative estimate of drug-likeness (QED) is 0.477. The first-order valence-electron chi connectivity index (χ1n) is 9.60. The zero-order chi connectivity index (χ0) is 22.5. The second kappa shape index (κ2) is 9.60. The van der Waals surface area contributed by atoms with Crippen molar-refractivity contribution in [3.05, 3.63) is 56.7 Å². The maximum Gasteiger partial charge on any atom is 0.330 e. The average Bonchev–Trinajstić information content (AvgIpc) is 3.13. The number of aryl methyl sites for hydroxylation is 1. The van der Waals surface area contributed by atoms with Crippen molar-refractivity contribution in [1.82, 2.24) is 29.8 Å². The SMILES string of the molecule is CC(C)CN(C(=O)CSc1nnnn1C)c1c(N)n(Cc2ccccc2)c(=O)[nH]c1=O. The van der Waals surface area contributed by atoms with E-state index < -0.39 is 11.2 Å². The Morgan fingerprint density at radius 2 is 1.97 bits per heavy atom. The number of carbonyl (C=O) groups is 1. The number of aromatic amines is 1. The number of amides is 1. The summed E-state index contributed by atoms with van der Waals surface area (Å²) in [6.07, 6.45) is 0. The largest absolute Gasteiger partial charge is 0.383 e. The van der Waals surface area contributed by atoms with Gasteiger partial charge in [0.25, 0.3) is 5.56 Å². The highest BCUT2D eigenvalue weighted by Gasteiger charge is 2.25. The Balaban J connectivity index is 1.97. The van der Waals surface area contributed by atoms with Crippen LogP contribution < -0.4 is 21.9 Å². The Morgan fingerprint density at radius 3 is 2.58 bits per heavy atom. The first kappa shape index (κ1) is 22.3. The molecule has 3 aromatic rings. The van der Waals surface area contributed by atoms with Gasteiger partial charge in [-0.2, -0.15) is 0 Å². The second-order valence-corrected chi connectivity index (χ2v) is 8.28. The number of H-pyrrole nitrogens is 1. The average molecular weight is 445 g/mol. The molecule has 31 heavy (non-hydrogen) atoms. The van der Waals surface area contributed by atoms with Gasteiger partial charge in [-0.25, -0.2) is 9.48 Å². The van der Waals surface area contributed by atoms with E-state index in [-0.39, 0.29) is 42.2 Å². The van der Waals surface area contributed by atoms with Gasteiger partial charge in [0.2, 0.25) is 11.1 Å². The predicted molar refractivity (Wildman–Crippen MR) is 118 cm³/mol. The topological polar surface area (TPSA) is 145 Å². The molecular weight excluding hydrogens is 420 g/mol. The molecule has 0 radical (unpaired) electrons. The van der Waals surface area contributed by atoms with Gasteiger partial charge in [-0.05, 0) is 21.9 Å². The highest BCUT2D eigenvalue weighted by molar-refractivity contribution is 7.99. The molecule has 0 fully saturated rings. The van der Waals surface area contributed by atoms with Gasteiger partial charge in [0.05, 0.1) is 12.3 Å². The highest BCUT2D eigenvalue weighted by Crippen LogP contribution is 2.22. The zero-order valence-electron chi connectivity index (χ0n) is 17.5. The minimum Gasteiger partial charge on any atom is -0.383 e. The molecule has 0 aliphatic heterocycles. The Kier molecular flexibility index (Phi) is 6.90. The van der Waals surface area contributed by atoms with Crippen molar-refractivity contribution in [3.63, 3.8) is 0 Å². The van der Waals surface area contributed by atoms with E-state index in [0.717, 1.165) is 17.3 Å². The van der Waals surface area contributed by atoms with Crippen LogP contribution in [0.25, 0.3) is 0 Å². The summed E-state index contributed by atoms with van der Waals surface area (Å²) < 4.78 is 2.71. The number of nitrogens with two attached hydrogens (primary N) is 1. The van der Waals surface area contributed by atoms with E-state index in [2.05, 4.69) is 20.5 Å². The van der Waals surface area contributed by atoms with Crippen LogP contribution >= 0.6 is 11.8 Å². The van der Waals surface area contributed by atoms with Crippen molar-refractivity contribution in [2.45, 2.75) is 25.5 Å². The number of tetrazole rings is 1. The Labute approximate surface area is 182 Å². The lowest BCUT2D eigenvalue weighted by molar-refractivity contribution is -0.116. The molecule has 0 saturated heterocycles. The first-order chi connectivity index (χ1) is 14.8. The van der Waals surface area contributed by atoms with Crippen LogP contribution in [0, 0.1) is 5.92 Å². The summed E-state index contributed by atoms with van der Waals surface area (Å²) in [6, 6.07) is 9.24. The molecule has 3 rings (SSSR count). The number of nitrogens with zero attached hydrogens (tertiary/aromatic N) is 6. The van der Waals surface area contributed by atoms with Gasteiger partial charge in [-0.15, -0.1) is 5.10 Å². The normalized spacial score (nSPS) is 11.1. The van der Waals surface area contributed by atoms with Gasteiger partial charge >= 0.3 is 5.69 Å². The maximum atomic E-state index is 13.1. The number of benzene rings is 1. The molecule has 0 aliphatic rings. The van der Waals surface area contributed by atoms with Gasteiger partial charge in [0.15, 0.2) is 5.69 Å². The number of hydrogen-bond donors (Lipinski definition) is 2. The van der Waals surface area contributed by atoms with Crippen molar-refractivity contribution in [3.8, 4) is 0 Å². The fraction of sp³-hybridized carbons (Fsp3) is 0.368. The van der Waals surface area contributed by atoms with Crippen LogP contribution in [0.1, 0.15) is 19.4 Å². The van der Waals surface area contributed by atoms with Crippen molar-refractivity contribution < 1.29 is 4.79 Å². The summed E-state index contributed by atoms with van der Waals surface area (Å²) in [4.78, 5) is 41.8. The molecule has 12 heteroatoms. The highest BCUT2D eigenvalue weighted by atomic mass is 32.2. The van der Waals surface area contributed by atoms with E-state index in [4.69, 9.17) is 5.73 Å². The molecule has 1 aromatic carbocycles. The number of aromatic nitrogens is 6. The third-order valence-electron chi connectivity index (χ3n) is 4.42. The summed E-state index contributed by atoms with van der Waals surface area (Å²) in [5.41, 5.74) is 5.73. The third kappa shape index (κ3) is 5.20. The summed E-state index contributed by atoms with van der Waals surface area (Å²) in [6.45, 7) is 4.26. The molecule has 1 amide bonds. The fourth-order valence-electron chi connectivity index (χ4n) is 2.99. The lowest BCUT2D eigenvalue weighted by Crippen LogP contribution is -2.43. The van der Waals surface area contributed by atoms with E-state index in [1.54, 1.807) is 7.05 Å². The van der Waals surface area contributed by atoms with Crippen molar-refractivity contribution in [2.75, 3.05) is 22.9 Å². The first-order valence-corrected chi connectivity index (χ1v) is 10.6. The monoisotopic (exact) mass is 444 g/mol. The van der Waals surface area contributed by atoms with E-state index in [9.17, 15) is 14.4 Å². The number of hydrogen-bond acceptors (Lipinski definition) is 8. The molecule has 164 valence electrons. The van der Waals surface area contributed by atoms with Crippen molar-refractivity contribution in [1.29, 1.82) is 0 Å². The number of carbonyl (C=O) groups excluding carboxylic acids is 1. The summed E-state index contributed by atoms with van der Waals surface area (Å²) in [5, 5.41) is 11.6. The summed E-state index contributed by atoms with van der Waals surface area (Å²) >= 11 is 1.15. The number of nitrogen functional groups attached to an aromatic ring is 1. The van der Waals surface area contributed by atoms with E-state index >= 15 is 0 Å². The van der Waals surface area contributed by atoms with Crippen LogP contribution in [0.2, 0.25) is 0 Å². The van der Waals surface area contributed by atoms with Crippen molar-refractivity contribution >= 4 is 29.2 Å². The minimum absolute atomic E-state index is 0.00236. The Morgan fingerprint density at radius 1 is 1.26 bits per heavy atom. The van der Waals surface area contributed by atoms with Gasteiger partial charge in [0, 0.05) is 13.6 Å². The minimum atomic E-state index is -0.703. The Hall–Kier alpha value is -3.41. The molecule has 0 aliphatic carbocycles. The number of nitrogens with one attached hydrogen (secondary N) is 1. The van der Waals surface area contributed by atoms with Gasteiger partial charge in [-0.3, -0.25) is 19.1 Å². The van der Waals surface area contributed by atoms with Crippen LogP contribution in [0.3, 0.4) is 0 Å². The standard InChI is InChI=1S/C19H24N8O3S/c1-12(2)9-26(14(28)11-31-19-22-23-24-25(19)3)15-16(20)27(18(30)21-17(15)29)10-13-7-5-4-6-8-13/h4-8,12H,9-11,20H2,1-3H3,(H,21,29,30). The summed E-state index contributed by atoms with van der Waals surface area (Å²) in [5.74, 6) is -0.350. The molecule has 0 saturated carbocycles. The number of anilines is 2. The summed E-state index contributed by atoms with van der Waals surface area (Å²) in [7, 11) is 1.67. The maximum absolute atomic E-state index is 13.1. The number of rotatable bonds is 8. The molecular formula is C19H24N8O3S. The lowest BCUT2D eigenvalue weighted by Gasteiger charge is -2.26. The molecule has 0 spiro atoms. The number of thioether (sulfide) groups is 1. The predicted octanol–water partition coefficient (Wildman–Crippen LogP) is 0.472. The molecule has 3 N–H and O–H groups in total. The van der Waals surface area contributed by atoms with Crippen LogP contribution in [0.4, 0.5) is 11.5 Å². The van der Waals surface area contributed by atoms with E-state index in [1.165, 1.54) is 14.1 Å². The van der Waals surface area contributed by atoms with Crippen molar-refractivity contribution in [2.24, 2.45) is 13.0 Å². The van der Waals surface area contributed by atoms with Gasteiger partial charge in [-0.1, -0.05) is 55.9 Å². The molecule has 2 heterocycles. The fourth-order valence-corrected chi connectivity index (χ4v) is 3.72. The van der Waals surface area contributed by atoms with E-state index in [1.807, 2.05) is 44.2 Å². The van der Waals surface area contributed by atoms with Crippen LogP contribution in [0.15, 0.2) is 45.1 Å². The molecule has 0 unspecified atom stereocenters.